The van der Waals surface area contributed by atoms with Gasteiger partial charge in [0.05, 0.1) is 5.92 Å². The highest BCUT2D eigenvalue weighted by Crippen LogP contribution is 2.29. The standard InChI is InChI=1S/C24H25FN4O4S/c1-16-7-5-11-22(26-16)27-24(30)19-9-6-14-29(15-19)34(31,32)23-17(2)28-33-21(23)13-12-18-8-3-4-10-20(18)25/h3-5,7-8,10-13,19H,6,9,14-15H2,1-2H3,(H,26,27,30)/b13-12+/t19-/m0/s1. The van der Waals surface area contributed by atoms with Gasteiger partial charge in [-0.1, -0.05) is 29.4 Å². The molecule has 1 amide bonds. The predicted octanol–water partition coefficient (Wildman–Crippen LogP) is 4.04. The van der Waals surface area contributed by atoms with Crippen LogP contribution in [0.25, 0.3) is 12.2 Å². The van der Waals surface area contributed by atoms with Crippen molar-refractivity contribution in [3.63, 3.8) is 0 Å². The number of carbonyl (C=O) groups is 1. The maximum atomic E-state index is 14.0. The normalized spacial score (nSPS) is 17.2. The largest absolute Gasteiger partial charge is 0.355 e. The van der Waals surface area contributed by atoms with Gasteiger partial charge in [-0.05, 0) is 57.0 Å². The van der Waals surface area contributed by atoms with Gasteiger partial charge in [0, 0.05) is 24.3 Å². The molecule has 0 radical (unpaired) electrons. The van der Waals surface area contributed by atoms with Gasteiger partial charge in [0.2, 0.25) is 15.9 Å². The van der Waals surface area contributed by atoms with E-state index in [1.54, 1.807) is 30.3 Å². The van der Waals surface area contributed by atoms with Crippen molar-refractivity contribution < 1.29 is 22.1 Å². The number of benzene rings is 1. The Morgan fingerprint density at radius 3 is 2.74 bits per heavy atom. The third-order valence-corrected chi connectivity index (χ3v) is 7.67. The van der Waals surface area contributed by atoms with Crippen LogP contribution in [0.5, 0.6) is 0 Å². The Morgan fingerprint density at radius 1 is 1.18 bits per heavy atom. The number of anilines is 1. The summed E-state index contributed by atoms with van der Waals surface area (Å²) in [5.74, 6) is -0.799. The lowest BCUT2D eigenvalue weighted by Crippen LogP contribution is -2.44. The minimum Gasteiger partial charge on any atom is -0.355 e. The molecule has 34 heavy (non-hydrogen) atoms. The van der Waals surface area contributed by atoms with E-state index in [-0.39, 0.29) is 35.3 Å². The molecule has 1 saturated heterocycles. The summed E-state index contributed by atoms with van der Waals surface area (Å²) in [6.45, 7) is 3.66. The summed E-state index contributed by atoms with van der Waals surface area (Å²) in [4.78, 5) is 17.0. The summed E-state index contributed by atoms with van der Waals surface area (Å²) in [5, 5.41) is 6.59. The van der Waals surface area contributed by atoms with Crippen molar-refractivity contribution >= 4 is 33.9 Å². The molecule has 0 unspecified atom stereocenters. The molecule has 178 valence electrons. The van der Waals surface area contributed by atoms with Crippen molar-refractivity contribution in [2.45, 2.75) is 31.6 Å². The summed E-state index contributed by atoms with van der Waals surface area (Å²) in [6.07, 6.45) is 3.92. The molecule has 3 aromatic rings. The number of rotatable bonds is 6. The lowest BCUT2D eigenvalue weighted by molar-refractivity contribution is -0.120. The Hall–Kier alpha value is -3.37. The number of pyridine rings is 1. The van der Waals surface area contributed by atoms with E-state index in [1.165, 1.54) is 29.4 Å². The fourth-order valence-electron chi connectivity index (χ4n) is 3.92. The van der Waals surface area contributed by atoms with Gasteiger partial charge in [0.15, 0.2) is 10.7 Å². The molecule has 0 aliphatic carbocycles. The summed E-state index contributed by atoms with van der Waals surface area (Å²) >= 11 is 0. The average molecular weight is 485 g/mol. The van der Waals surface area contributed by atoms with Crippen molar-refractivity contribution in [1.82, 2.24) is 14.4 Å². The average Bonchev–Trinajstić information content (AvgIpc) is 3.19. The minimum absolute atomic E-state index is 0.0105. The topological polar surface area (TPSA) is 105 Å². The number of halogens is 1. The van der Waals surface area contributed by atoms with Crippen LogP contribution in [0.1, 0.15) is 35.6 Å². The van der Waals surface area contributed by atoms with Gasteiger partial charge < -0.3 is 9.84 Å². The van der Waals surface area contributed by atoms with Gasteiger partial charge in [-0.3, -0.25) is 4.79 Å². The van der Waals surface area contributed by atoms with E-state index in [1.807, 2.05) is 13.0 Å². The van der Waals surface area contributed by atoms with Crippen molar-refractivity contribution in [3.8, 4) is 0 Å². The molecule has 1 aromatic carbocycles. The second-order valence-corrected chi connectivity index (χ2v) is 10.0. The zero-order valence-corrected chi connectivity index (χ0v) is 19.7. The van der Waals surface area contributed by atoms with Crippen LogP contribution in [-0.2, 0) is 14.8 Å². The van der Waals surface area contributed by atoms with Crippen LogP contribution >= 0.6 is 0 Å². The number of amides is 1. The molecule has 10 heteroatoms. The first-order valence-corrected chi connectivity index (χ1v) is 12.3. The molecule has 1 N–H and O–H groups in total. The summed E-state index contributed by atoms with van der Waals surface area (Å²) < 4.78 is 47.5. The number of sulfonamides is 1. The number of hydrogen-bond acceptors (Lipinski definition) is 6. The van der Waals surface area contributed by atoms with Crippen LogP contribution < -0.4 is 5.32 Å². The molecular weight excluding hydrogens is 459 g/mol. The van der Waals surface area contributed by atoms with Crippen molar-refractivity contribution in [2.24, 2.45) is 5.92 Å². The molecule has 4 rings (SSSR count). The number of nitrogens with one attached hydrogen (secondary N) is 1. The lowest BCUT2D eigenvalue weighted by atomic mass is 9.99. The van der Waals surface area contributed by atoms with Gasteiger partial charge in [0.1, 0.15) is 17.3 Å². The fourth-order valence-corrected chi connectivity index (χ4v) is 5.69. The van der Waals surface area contributed by atoms with Crippen molar-refractivity contribution in [2.75, 3.05) is 18.4 Å². The molecule has 0 bridgehead atoms. The molecule has 2 aromatic heterocycles. The van der Waals surface area contributed by atoms with Crippen LogP contribution in [0.3, 0.4) is 0 Å². The number of carbonyl (C=O) groups excluding carboxylic acids is 1. The Kier molecular flexibility index (Phi) is 6.90. The number of aromatic nitrogens is 2. The van der Waals surface area contributed by atoms with Gasteiger partial charge in [-0.25, -0.2) is 17.8 Å². The van der Waals surface area contributed by atoms with Gasteiger partial charge in [-0.15, -0.1) is 0 Å². The van der Waals surface area contributed by atoms with E-state index in [0.29, 0.717) is 24.2 Å². The molecule has 3 heterocycles. The van der Waals surface area contributed by atoms with E-state index in [4.69, 9.17) is 4.52 Å². The van der Waals surface area contributed by atoms with Crippen molar-refractivity contribution in [1.29, 1.82) is 0 Å². The van der Waals surface area contributed by atoms with Gasteiger partial charge >= 0.3 is 0 Å². The minimum atomic E-state index is -4.00. The number of aryl methyl sites for hydroxylation is 2. The van der Waals surface area contributed by atoms with Crippen LogP contribution in [-0.4, -0.2) is 41.9 Å². The van der Waals surface area contributed by atoms with Crippen molar-refractivity contribution in [3.05, 3.63) is 71.0 Å². The van der Waals surface area contributed by atoms with Gasteiger partial charge in [-0.2, -0.15) is 4.31 Å². The molecule has 1 aliphatic rings. The highest BCUT2D eigenvalue weighted by Gasteiger charge is 2.37. The maximum absolute atomic E-state index is 14.0. The molecule has 1 fully saturated rings. The third-order valence-electron chi connectivity index (χ3n) is 5.65. The predicted molar refractivity (Wildman–Crippen MR) is 126 cm³/mol. The number of hydrogen-bond donors (Lipinski definition) is 1. The van der Waals surface area contributed by atoms with E-state index in [0.717, 1.165) is 5.69 Å². The molecular formula is C24H25FN4O4S. The smallest absolute Gasteiger partial charge is 0.248 e. The van der Waals surface area contributed by atoms with E-state index < -0.39 is 21.8 Å². The first-order valence-electron chi connectivity index (χ1n) is 10.9. The number of piperidine rings is 1. The quantitative estimate of drug-likeness (QED) is 0.566. The Morgan fingerprint density at radius 2 is 1.97 bits per heavy atom. The second kappa shape index (κ2) is 9.86. The first-order chi connectivity index (χ1) is 16.3. The first kappa shape index (κ1) is 23.8. The zero-order valence-electron chi connectivity index (χ0n) is 18.9. The lowest BCUT2D eigenvalue weighted by Gasteiger charge is -2.31. The van der Waals surface area contributed by atoms with Gasteiger partial charge in [0.25, 0.3) is 0 Å². The number of nitrogens with zero attached hydrogens (tertiary/aromatic N) is 3. The second-order valence-electron chi connectivity index (χ2n) is 8.17. The Bertz CT molecular complexity index is 1340. The van der Waals surface area contributed by atoms with E-state index in [2.05, 4.69) is 15.5 Å². The van der Waals surface area contributed by atoms with E-state index >= 15 is 0 Å². The Balaban J connectivity index is 1.54. The molecule has 8 nitrogen and oxygen atoms in total. The van der Waals surface area contributed by atoms with Crippen LogP contribution in [0.4, 0.5) is 10.2 Å². The molecule has 1 aliphatic heterocycles. The molecule has 0 saturated carbocycles. The van der Waals surface area contributed by atoms with Crippen LogP contribution in [0.2, 0.25) is 0 Å². The monoisotopic (exact) mass is 484 g/mol. The Labute approximate surface area is 197 Å². The van der Waals surface area contributed by atoms with Crippen LogP contribution in [0.15, 0.2) is 51.9 Å². The van der Waals surface area contributed by atoms with E-state index in [9.17, 15) is 17.6 Å². The summed E-state index contributed by atoms with van der Waals surface area (Å²) in [7, 11) is -4.00. The summed E-state index contributed by atoms with van der Waals surface area (Å²) in [6, 6.07) is 11.4. The zero-order chi connectivity index (χ0) is 24.3. The summed E-state index contributed by atoms with van der Waals surface area (Å²) in [5.41, 5.74) is 1.26. The molecule has 1 atom stereocenters. The fraction of sp³-hybridized carbons (Fsp3) is 0.292. The highest BCUT2D eigenvalue weighted by molar-refractivity contribution is 7.89. The SMILES string of the molecule is Cc1cccc(NC(=O)[C@H]2CCCN(S(=O)(=O)c3c(C)noc3/C=C/c3ccccc3F)C2)n1. The van der Waals surface area contributed by atoms with Crippen LogP contribution in [0, 0.1) is 25.6 Å². The maximum Gasteiger partial charge on any atom is 0.248 e. The third kappa shape index (κ3) is 5.07. The molecule has 0 spiro atoms. The highest BCUT2D eigenvalue weighted by atomic mass is 32.2.